The van der Waals surface area contributed by atoms with E-state index in [0.29, 0.717) is 12.0 Å². The third kappa shape index (κ3) is 5.20. The van der Waals surface area contributed by atoms with Gasteiger partial charge in [0.25, 0.3) is 0 Å². The van der Waals surface area contributed by atoms with Crippen LogP contribution < -0.4 is 4.72 Å². The van der Waals surface area contributed by atoms with Crippen LogP contribution in [0.4, 0.5) is 4.79 Å². The molecule has 1 fully saturated rings. The second kappa shape index (κ2) is 10.6. The average Bonchev–Trinajstić information content (AvgIpc) is 3.18. The summed E-state index contributed by atoms with van der Waals surface area (Å²) in [6.07, 6.45) is -1.02. The Kier molecular flexibility index (Phi) is 7.56. The SMILES string of the molecule is CC[C@@H](C(=O)N1C(=O)O[C@H](c2ccccc2)[C@@H]1C)[C@@H](NS(=O)(=O)c1ccc(C)cc1)c1ccccc1. The number of ether oxygens (including phenoxy) is 1. The first kappa shape index (κ1) is 25.6. The number of nitrogens with one attached hydrogen (secondary N) is 1. The highest BCUT2D eigenvalue weighted by atomic mass is 32.2. The normalized spacial score (nSPS) is 19.5. The maximum absolute atomic E-state index is 13.8. The first-order chi connectivity index (χ1) is 17.2. The molecule has 8 heteroatoms. The van der Waals surface area contributed by atoms with Crippen LogP contribution in [0.15, 0.2) is 89.8 Å². The smallest absolute Gasteiger partial charge is 0.417 e. The lowest BCUT2D eigenvalue weighted by Gasteiger charge is -2.30. The van der Waals surface area contributed by atoms with Crippen molar-refractivity contribution < 1.29 is 22.7 Å². The van der Waals surface area contributed by atoms with Gasteiger partial charge in [0.1, 0.15) is 6.10 Å². The monoisotopic (exact) mass is 506 g/mol. The van der Waals surface area contributed by atoms with Crippen molar-refractivity contribution in [3.8, 4) is 0 Å². The summed E-state index contributed by atoms with van der Waals surface area (Å²) >= 11 is 0. The lowest BCUT2D eigenvalue weighted by Crippen LogP contribution is -2.46. The second-order valence-corrected chi connectivity index (χ2v) is 10.7. The summed E-state index contributed by atoms with van der Waals surface area (Å²) < 4.78 is 35.0. The van der Waals surface area contributed by atoms with E-state index >= 15 is 0 Å². The molecule has 1 aliphatic rings. The molecule has 1 N–H and O–H groups in total. The summed E-state index contributed by atoms with van der Waals surface area (Å²) in [5.74, 6) is -1.31. The number of cyclic esters (lactones) is 1. The van der Waals surface area contributed by atoms with Crippen molar-refractivity contribution in [2.45, 2.75) is 50.3 Å². The number of sulfonamides is 1. The standard InChI is InChI=1S/C28H30N2O5S/c1-4-24(27(31)30-20(3)26(35-28(30)32)22-13-9-6-10-14-22)25(21-11-7-5-8-12-21)29-36(33,34)23-17-15-19(2)16-18-23/h5-18,20,24-26,29H,4H2,1-3H3/t20-,24+,25-,26-/m0/s1. The number of carbonyl (C=O) groups is 2. The van der Waals surface area contributed by atoms with Gasteiger partial charge in [-0.05, 0) is 43.5 Å². The summed E-state index contributed by atoms with van der Waals surface area (Å²) in [4.78, 5) is 28.0. The fourth-order valence-corrected chi connectivity index (χ4v) is 5.84. The van der Waals surface area contributed by atoms with Crippen molar-refractivity contribution in [3.05, 3.63) is 102 Å². The van der Waals surface area contributed by atoms with E-state index in [-0.39, 0.29) is 4.90 Å². The van der Waals surface area contributed by atoms with Crippen LogP contribution in [0.5, 0.6) is 0 Å². The van der Waals surface area contributed by atoms with Gasteiger partial charge in [-0.1, -0.05) is 85.3 Å². The van der Waals surface area contributed by atoms with Crippen molar-refractivity contribution in [1.29, 1.82) is 0 Å². The number of aryl methyl sites for hydroxylation is 1. The minimum atomic E-state index is -3.95. The first-order valence-electron chi connectivity index (χ1n) is 12.0. The van der Waals surface area contributed by atoms with E-state index < -0.39 is 46.1 Å². The topological polar surface area (TPSA) is 92.8 Å². The molecule has 7 nitrogen and oxygen atoms in total. The summed E-state index contributed by atoms with van der Waals surface area (Å²) in [6.45, 7) is 5.45. The van der Waals surface area contributed by atoms with E-state index in [0.717, 1.165) is 16.0 Å². The molecule has 4 atom stereocenters. The quantitative estimate of drug-likeness (QED) is 0.456. The number of benzene rings is 3. The van der Waals surface area contributed by atoms with Crippen LogP contribution in [-0.2, 0) is 19.6 Å². The number of nitrogens with zero attached hydrogens (tertiary/aromatic N) is 1. The number of imide groups is 1. The van der Waals surface area contributed by atoms with Crippen LogP contribution in [0, 0.1) is 12.8 Å². The van der Waals surface area contributed by atoms with Crippen LogP contribution >= 0.6 is 0 Å². The molecule has 0 spiro atoms. The molecule has 36 heavy (non-hydrogen) atoms. The fraction of sp³-hybridized carbons (Fsp3) is 0.286. The van der Waals surface area contributed by atoms with Crippen LogP contribution in [0.3, 0.4) is 0 Å². The zero-order valence-electron chi connectivity index (χ0n) is 20.5. The lowest BCUT2D eigenvalue weighted by molar-refractivity contribution is -0.134. The highest BCUT2D eigenvalue weighted by Gasteiger charge is 2.47. The van der Waals surface area contributed by atoms with Crippen molar-refractivity contribution in [2.75, 3.05) is 0 Å². The third-order valence-corrected chi connectivity index (χ3v) is 8.02. The second-order valence-electron chi connectivity index (χ2n) is 9.00. The van der Waals surface area contributed by atoms with Crippen LogP contribution in [0.1, 0.15) is 49.1 Å². The predicted molar refractivity (Wildman–Crippen MR) is 136 cm³/mol. The van der Waals surface area contributed by atoms with Gasteiger partial charge in [-0.25, -0.2) is 22.8 Å². The molecule has 0 saturated carbocycles. The van der Waals surface area contributed by atoms with Crippen molar-refractivity contribution in [1.82, 2.24) is 9.62 Å². The van der Waals surface area contributed by atoms with Gasteiger partial charge in [-0.2, -0.15) is 0 Å². The average molecular weight is 507 g/mol. The molecule has 0 bridgehead atoms. The molecule has 0 aromatic heterocycles. The Morgan fingerprint density at radius 2 is 1.56 bits per heavy atom. The number of hydrogen-bond acceptors (Lipinski definition) is 5. The van der Waals surface area contributed by atoms with Gasteiger partial charge in [-0.15, -0.1) is 0 Å². The van der Waals surface area contributed by atoms with Crippen molar-refractivity contribution in [2.24, 2.45) is 5.92 Å². The molecule has 0 aliphatic carbocycles. The van der Waals surface area contributed by atoms with Crippen molar-refractivity contribution in [3.63, 3.8) is 0 Å². The van der Waals surface area contributed by atoms with Gasteiger partial charge in [0.2, 0.25) is 15.9 Å². The summed E-state index contributed by atoms with van der Waals surface area (Å²) in [7, 11) is -3.95. The van der Waals surface area contributed by atoms with E-state index in [1.807, 2.05) is 43.3 Å². The van der Waals surface area contributed by atoms with Gasteiger partial charge < -0.3 is 4.74 Å². The largest absolute Gasteiger partial charge is 0.439 e. The Hall–Kier alpha value is -3.49. The van der Waals surface area contributed by atoms with Crippen LogP contribution in [0.2, 0.25) is 0 Å². The maximum atomic E-state index is 13.8. The van der Waals surface area contributed by atoms with Crippen LogP contribution in [0.25, 0.3) is 0 Å². The van der Waals surface area contributed by atoms with Gasteiger partial charge in [0.15, 0.2) is 0 Å². The Labute approximate surface area is 212 Å². The fourth-order valence-electron chi connectivity index (χ4n) is 4.57. The molecule has 1 aliphatic heterocycles. The molecule has 4 rings (SSSR count). The Balaban J connectivity index is 1.67. The van der Waals surface area contributed by atoms with Gasteiger partial charge >= 0.3 is 6.09 Å². The molecule has 3 aromatic rings. The Morgan fingerprint density at radius 1 is 0.972 bits per heavy atom. The molecule has 0 unspecified atom stereocenters. The minimum Gasteiger partial charge on any atom is -0.439 e. The number of rotatable bonds is 8. The van der Waals surface area contributed by atoms with E-state index in [1.165, 1.54) is 12.1 Å². The van der Waals surface area contributed by atoms with E-state index in [9.17, 15) is 18.0 Å². The Bertz CT molecular complexity index is 1310. The lowest BCUT2D eigenvalue weighted by atomic mass is 9.89. The molecular formula is C28H30N2O5S. The maximum Gasteiger partial charge on any atom is 0.417 e. The molecule has 188 valence electrons. The molecule has 3 aromatic carbocycles. The Morgan fingerprint density at radius 3 is 2.14 bits per heavy atom. The van der Waals surface area contributed by atoms with Gasteiger partial charge in [-0.3, -0.25) is 4.79 Å². The zero-order valence-corrected chi connectivity index (χ0v) is 21.3. The zero-order chi connectivity index (χ0) is 25.9. The summed E-state index contributed by atoms with van der Waals surface area (Å²) in [5, 5.41) is 0. The molecule has 1 heterocycles. The molecule has 0 radical (unpaired) electrons. The number of hydrogen-bond donors (Lipinski definition) is 1. The summed E-state index contributed by atoms with van der Waals surface area (Å²) in [5.41, 5.74) is 2.36. The third-order valence-electron chi connectivity index (χ3n) is 6.57. The van der Waals surface area contributed by atoms with E-state index in [2.05, 4.69) is 4.72 Å². The van der Waals surface area contributed by atoms with Gasteiger partial charge in [0.05, 0.1) is 22.9 Å². The first-order valence-corrected chi connectivity index (χ1v) is 13.4. The molecule has 2 amide bonds. The van der Waals surface area contributed by atoms with Crippen molar-refractivity contribution >= 4 is 22.0 Å². The van der Waals surface area contributed by atoms with Gasteiger partial charge in [0, 0.05) is 0 Å². The predicted octanol–water partition coefficient (Wildman–Crippen LogP) is 5.15. The molecular weight excluding hydrogens is 476 g/mol. The highest BCUT2D eigenvalue weighted by Crippen LogP contribution is 2.36. The van der Waals surface area contributed by atoms with E-state index in [1.54, 1.807) is 50.2 Å². The van der Waals surface area contributed by atoms with E-state index in [4.69, 9.17) is 4.74 Å². The highest BCUT2D eigenvalue weighted by molar-refractivity contribution is 7.89. The van der Waals surface area contributed by atoms with Crippen LogP contribution in [-0.4, -0.2) is 31.4 Å². The molecule has 1 saturated heterocycles. The number of amides is 2. The minimum absolute atomic E-state index is 0.106. The number of carbonyl (C=O) groups excluding carboxylic acids is 2. The summed E-state index contributed by atoms with van der Waals surface area (Å²) in [6, 6.07) is 23.3.